The zero-order valence-corrected chi connectivity index (χ0v) is 9.32. The van der Waals surface area contributed by atoms with Crippen LogP contribution >= 0.6 is 0 Å². The van der Waals surface area contributed by atoms with Gasteiger partial charge >= 0.3 is 5.97 Å². The molecule has 1 aliphatic carbocycles. The van der Waals surface area contributed by atoms with Gasteiger partial charge in [-0.2, -0.15) is 0 Å². The van der Waals surface area contributed by atoms with Crippen molar-refractivity contribution in [3.05, 3.63) is 0 Å². The van der Waals surface area contributed by atoms with E-state index in [0.29, 0.717) is 12.5 Å². The van der Waals surface area contributed by atoms with Crippen LogP contribution in [0.5, 0.6) is 0 Å². The summed E-state index contributed by atoms with van der Waals surface area (Å²) < 4.78 is 5.19. The lowest BCUT2D eigenvalue weighted by molar-refractivity contribution is -0.163. The lowest BCUT2D eigenvalue weighted by atomic mass is 9.65. The standard InChI is InChI=1S/C12H19NO2/c1-2-15-12(14)11-10-4-8-3-9(5-10)7-13(11)6-8/h8-11H,2-7H2,1H3/t8-,9+,10?,11-/m0/s1. The highest BCUT2D eigenvalue weighted by atomic mass is 16.5. The van der Waals surface area contributed by atoms with Crippen LogP contribution in [0, 0.1) is 17.8 Å². The second-order valence-electron chi connectivity index (χ2n) is 5.35. The molecule has 0 amide bonds. The van der Waals surface area contributed by atoms with Crippen molar-refractivity contribution in [3.8, 4) is 0 Å². The second-order valence-corrected chi connectivity index (χ2v) is 5.35. The first kappa shape index (κ1) is 9.64. The van der Waals surface area contributed by atoms with E-state index in [1.165, 1.54) is 19.3 Å². The molecule has 4 bridgehead atoms. The topological polar surface area (TPSA) is 29.5 Å². The van der Waals surface area contributed by atoms with E-state index in [2.05, 4.69) is 4.90 Å². The number of rotatable bonds is 2. The molecule has 5 atom stereocenters. The molecule has 15 heavy (non-hydrogen) atoms. The summed E-state index contributed by atoms with van der Waals surface area (Å²) in [6.07, 6.45) is 3.93. The number of esters is 1. The van der Waals surface area contributed by atoms with E-state index in [0.717, 1.165) is 24.9 Å². The van der Waals surface area contributed by atoms with Crippen molar-refractivity contribution in [3.63, 3.8) is 0 Å². The number of carbonyl (C=O) groups is 1. The molecule has 0 N–H and O–H groups in total. The molecular weight excluding hydrogens is 190 g/mol. The number of piperidine rings is 3. The van der Waals surface area contributed by atoms with Gasteiger partial charge in [-0.3, -0.25) is 9.69 Å². The van der Waals surface area contributed by atoms with Gasteiger partial charge in [-0.05, 0) is 43.9 Å². The van der Waals surface area contributed by atoms with Gasteiger partial charge in [-0.25, -0.2) is 0 Å². The maximum Gasteiger partial charge on any atom is 0.323 e. The molecule has 84 valence electrons. The third-order valence-corrected chi connectivity index (χ3v) is 4.29. The van der Waals surface area contributed by atoms with Crippen LogP contribution in [0.25, 0.3) is 0 Å². The summed E-state index contributed by atoms with van der Waals surface area (Å²) in [5.74, 6) is 2.36. The molecule has 0 aromatic rings. The molecular formula is C12H19NO2. The Balaban J connectivity index is 1.77. The largest absolute Gasteiger partial charge is 0.465 e. The molecule has 0 aromatic heterocycles. The summed E-state index contributed by atoms with van der Waals surface area (Å²) in [6.45, 7) is 4.68. The van der Waals surface area contributed by atoms with Gasteiger partial charge in [0.15, 0.2) is 0 Å². The molecule has 4 rings (SSSR count). The fourth-order valence-corrected chi connectivity index (χ4v) is 4.00. The Labute approximate surface area is 90.8 Å². The Morgan fingerprint density at radius 3 is 2.47 bits per heavy atom. The van der Waals surface area contributed by atoms with E-state index in [1.807, 2.05) is 6.92 Å². The molecule has 0 spiro atoms. The molecule has 2 unspecified atom stereocenters. The van der Waals surface area contributed by atoms with E-state index in [9.17, 15) is 4.79 Å². The number of carbonyl (C=O) groups excluding carboxylic acids is 1. The van der Waals surface area contributed by atoms with Crippen LogP contribution in [0.2, 0.25) is 0 Å². The maximum atomic E-state index is 11.9. The fraction of sp³-hybridized carbons (Fsp3) is 0.917. The molecule has 3 saturated heterocycles. The molecule has 0 radical (unpaired) electrons. The third-order valence-electron chi connectivity index (χ3n) is 4.29. The molecule has 0 aromatic carbocycles. The van der Waals surface area contributed by atoms with Crippen molar-refractivity contribution >= 4 is 5.97 Å². The summed E-state index contributed by atoms with van der Waals surface area (Å²) in [6, 6.07) is 0.0951. The molecule has 1 saturated carbocycles. The van der Waals surface area contributed by atoms with E-state index in [-0.39, 0.29) is 12.0 Å². The number of nitrogens with zero attached hydrogens (tertiary/aromatic N) is 1. The summed E-state index contributed by atoms with van der Waals surface area (Å²) in [4.78, 5) is 14.3. The monoisotopic (exact) mass is 209 g/mol. The Kier molecular flexibility index (Phi) is 2.23. The van der Waals surface area contributed by atoms with E-state index < -0.39 is 0 Å². The van der Waals surface area contributed by atoms with Crippen LogP contribution < -0.4 is 0 Å². The predicted molar refractivity (Wildman–Crippen MR) is 56.3 cm³/mol. The van der Waals surface area contributed by atoms with Crippen LogP contribution in [0.15, 0.2) is 0 Å². The molecule has 4 fully saturated rings. The SMILES string of the molecule is CCOC(=O)[C@@H]1C2C[C@@H]3C[C@H](C2)CN1C3. The molecule has 3 heteroatoms. The summed E-state index contributed by atoms with van der Waals surface area (Å²) in [5, 5.41) is 0. The smallest absolute Gasteiger partial charge is 0.323 e. The van der Waals surface area contributed by atoms with Gasteiger partial charge in [-0.1, -0.05) is 0 Å². The highest BCUT2D eigenvalue weighted by Gasteiger charge is 2.50. The van der Waals surface area contributed by atoms with Crippen molar-refractivity contribution in [2.45, 2.75) is 32.2 Å². The van der Waals surface area contributed by atoms with Gasteiger partial charge in [0.2, 0.25) is 0 Å². The minimum absolute atomic E-state index is 0.0290. The molecule has 3 heterocycles. The molecule has 3 nitrogen and oxygen atoms in total. The Morgan fingerprint density at radius 2 is 1.93 bits per heavy atom. The maximum absolute atomic E-state index is 11.9. The first-order valence-electron chi connectivity index (χ1n) is 6.18. The van der Waals surface area contributed by atoms with Crippen LogP contribution in [0.4, 0.5) is 0 Å². The minimum Gasteiger partial charge on any atom is -0.465 e. The summed E-state index contributed by atoms with van der Waals surface area (Å²) in [7, 11) is 0. The van der Waals surface area contributed by atoms with E-state index in [4.69, 9.17) is 4.74 Å². The summed E-state index contributed by atoms with van der Waals surface area (Å²) >= 11 is 0. The molecule has 3 aliphatic heterocycles. The van der Waals surface area contributed by atoms with E-state index >= 15 is 0 Å². The van der Waals surface area contributed by atoms with Gasteiger partial charge in [0.25, 0.3) is 0 Å². The Morgan fingerprint density at radius 1 is 1.27 bits per heavy atom. The second kappa shape index (κ2) is 3.48. The number of hydrogen-bond acceptors (Lipinski definition) is 3. The lowest BCUT2D eigenvalue weighted by Gasteiger charge is -2.55. The van der Waals surface area contributed by atoms with Crippen molar-refractivity contribution in [2.24, 2.45) is 17.8 Å². The van der Waals surface area contributed by atoms with Crippen LogP contribution in [0.1, 0.15) is 26.2 Å². The van der Waals surface area contributed by atoms with E-state index in [1.54, 1.807) is 0 Å². The normalized spacial score (nSPS) is 46.9. The Bertz CT molecular complexity index is 249. The van der Waals surface area contributed by atoms with Gasteiger partial charge in [-0.15, -0.1) is 0 Å². The predicted octanol–water partition coefficient (Wildman–Crippen LogP) is 1.28. The van der Waals surface area contributed by atoms with Crippen molar-refractivity contribution in [2.75, 3.05) is 19.7 Å². The highest BCUT2D eigenvalue weighted by Crippen LogP contribution is 2.46. The number of ether oxygens (including phenoxy) is 1. The quantitative estimate of drug-likeness (QED) is 0.642. The highest BCUT2D eigenvalue weighted by molar-refractivity contribution is 5.76. The fourth-order valence-electron chi connectivity index (χ4n) is 4.00. The zero-order chi connectivity index (χ0) is 10.4. The van der Waals surface area contributed by atoms with Crippen LogP contribution in [-0.4, -0.2) is 36.6 Å². The lowest BCUT2D eigenvalue weighted by Crippen LogP contribution is -2.62. The average molecular weight is 209 g/mol. The van der Waals surface area contributed by atoms with Gasteiger partial charge < -0.3 is 4.74 Å². The van der Waals surface area contributed by atoms with Crippen LogP contribution in [0.3, 0.4) is 0 Å². The first-order chi connectivity index (χ1) is 7.28. The number of hydrogen-bond donors (Lipinski definition) is 0. The van der Waals surface area contributed by atoms with Gasteiger partial charge in [0.1, 0.15) is 6.04 Å². The summed E-state index contributed by atoms with van der Waals surface area (Å²) in [5.41, 5.74) is 0. The average Bonchev–Trinajstić information content (AvgIpc) is 2.15. The van der Waals surface area contributed by atoms with Crippen LogP contribution in [-0.2, 0) is 9.53 Å². The Hall–Kier alpha value is -0.570. The van der Waals surface area contributed by atoms with Crippen molar-refractivity contribution in [1.29, 1.82) is 0 Å². The van der Waals surface area contributed by atoms with Gasteiger partial charge in [0.05, 0.1) is 6.61 Å². The van der Waals surface area contributed by atoms with Crippen molar-refractivity contribution < 1.29 is 9.53 Å². The third kappa shape index (κ3) is 1.48. The minimum atomic E-state index is 0.0290. The van der Waals surface area contributed by atoms with Gasteiger partial charge in [0, 0.05) is 13.1 Å². The van der Waals surface area contributed by atoms with Crippen molar-refractivity contribution in [1.82, 2.24) is 4.90 Å². The first-order valence-corrected chi connectivity index (χ1v) is 6.18. The molecule has 4 aliphatic rings. The zero-order valence-electron chi connectivity index (χ0n) is 9.32.